The van der Waals surface area contributed by atoms with Crippen molar-refractivity contribution in [2.75, 3.05) is 6.54 Å². The highest BCUT2D eigenvalue weighted by molar-refractivity contribution is 5.94. The molecule has 104 valence electrons. The van der Waals surface area contributed by atoms with Crippen LogP contribution in [0.25, 0.3) is 0 Å². The highest BCUT2D eigenvalue weighted by atomic mass is 16.1. The van der Waals surface area contributed by atoms with Gasteiger partial charge in [0.05, 0.1) is 0 Å². The lowest BCUT2D eigenvalue weighted by atomic mass is 9.87. The molecule has 3 nitrogen and oxygen atoms in total. The van der Waals surface area contributed by atoms with Crippen LogP contribution in [0.5, 0.6) is 0 Å². The minimum absolute atomic E-state index is 0.0406. The van der Waals surface area contributed by atoms with Crippen LogP contribution < -0.4 is 11.1 Å². The third-order valence-corrected chi connectivity index (χ3v) is 4.18. The van der Waals surface area contributed by atoms with E-state index in [1.807, 2.05) is 24.3 Å². The molecule has 3 heteroatoms. The van der Waals surface area contributed by atoms with E-state index >= 15 is 0 Å². The zero-order chi connectivity index (χ0) is 13.9. The molecule has 1 aromatic rings. The van der Waals surface area contributed by atoms with Gasteiger partial charge in [-0.15, -0.1) is 0 Å². The van der Waals surface area contributed by atoms with Crippen LogP contribution >= 0.6 is 0 Å². The molecular weight excluding hydrogens is 236 g/mol. The Labute approximate surface area is 115 Å². The maximum Gasteiger partial charge on any atom is 0.251 e. The number of carbonyl (C=O) groups is 1. The molecule has 0 bridgehead atoms. The van der Waals surface area contributed by atoms with Gasteiger partial charge in [-0.1, -0.05) is 32.4 Å². The van der Waals surface area contributed by atoms with Crippen molar-refractivity contribution in [3.63, 3.8) is 0 Å². The highest BCUT2D eigenvalue weighted by Gasteiger charge is 2.35. The normalized spacial score (nSPS) is 21.3. The number of benzene rings is 1. The Balaban J connectivity index is 2.05. The second-order valence-corrected chi connectivity index (χ2v) is 6.15. The lowest BCUT2D eigenvalue weighted by Crippen LogP contribution is -2.41. The van der Waals surface area contributed by atoms with Crippen LogP contribution in [-0.2, 0) is 6.42 Å². The van der Waals surface area contributed by atoms with Gasteiger partial charge in [-0.05, 0) is 48.9 Å². The molecule has 1 saturated carbocycles. The van der Waals surface area contributed by atoms with E-state index in [1.54, 1.807) is 0 Å². The molecule has 0 spiro atoms. The summed E-state index contributed by atoms with van der Waals surface area (Å²) >= 11 is 0. The predicted molar refractivity (Wildman–Crippen MR) is 78.1 cm³/mol. The van der Waals surface area contributed by atoms with E-state index in [4.69, 9.17) is 5.73 Å². The molecule has 1 aliphatic carbocycles. The molecule has 0 heterocycles. The standard InChI is InChI=1S/C16H24N2O/c1-16(2)9-4-7-14(16)18-15(19)13-6-3-5-12(11-13)8-10-17/h3,5-6,11,14H,4,7-10,17H2,1-2H3,(H,18,19). The molecule has 2 rings (SSSR count). The number of hydrogen-bond acceptors (Lipinski definition) is 2. The van der Waals surface area contributed by atoms with Crippen molar-refractivity contribution in [1.82, 2.24) is 5.32 Å². The molecule has 1 aliphatic rings. The average molecular weight is 260 g/mol. The molecule has 1 atom stereocenters. The zero-order valence-corrected chi connectivity index (χ0v) is 11.9. The van der Waals surface area contributed by atoms with Gasteiger partial charge in [0.2, 0.25) is 0 Å². The maximum atomic E-state index is 12.3. The van der Waals surface area contributed by atoms with Gasteiger partial charge in [-0.2, -0.15) is 0 Å². The van der Waals surface area contributed by atoms with Gasteiger partial charge in [0.15, 0.2) is 0 Å². The molecule has 1 amide bonds. The van der Waals surface area contributed by atoms with E-state index in [2.05, 4.69) is 19.2 Å². The number of carbonyl (C=O) groups excluding carboxylic acids is 1. The van der Waals surface area contributed by atoms with E-state index < -0.39 is 0 Å². The SMILES string of the molecule is CC1(C)CCCC1NC(=O)c1cccc(CCN)c1. The summed E-state index contributed by atoms with van der Waals surface area (Å²) in [7, 11) is 0. The fourth-order valence-corrected chi connectivity index (χ4v) is 2.87. The molecule has 0 radical (unpaired) electrons. The number of nitrogens with two attached hydrogens (primary N) is 1. The summed E-state index contributed by atoms with van der Waals surface area (Å²) < 4.78 is 0. The topological polar surface area (TPSA) is 55.1 Å². The largest absolute Gasteiger partial charge is 0.349 e. The monoisotopic (exact) mass is 260 g/mol. The summed E-state index contributed by atoms with van der Waals surface area (Å²) in [4.78, 5) is 12.3. The van der Waals surface area contributed by atoms with Gasteiger partial charge in [-0.25, -0.2) is 0 Å². The number of amides is 1. The van der Waals surface area contributed by atoms with E-state index in [9.17, 15) is 4.79 Å². The summed E-state index contributed by atoms with van der Waals surface area (Å²) in [6, 6.07) is 8.06. The van der Waals surface area contributed by atoms with E-state index in [0.717, 1.165) is 24.0 Å². The second-order valence-electron chi connectivity index (χ2n) is 6.15. The van der Waals surface area contributed by atoms with E-state index in [0.29, 0.717) is 6.54 Å². The van der Waals surface area contributed by atoms with Gasteiger partial charge < -0.3 is 11.1 Å². The van der Waals surface area contributed by atoms with Gasteiger partial charge in [-0.3, -0.25) is 4.79 Å². The quantitative estimate of drug-likeness (QED) is 0.874. The Bertz CT molecular complexity index is 454. The summed E-state index contributed by atoms with van der Waals surface area (Å²) in [5, 5.41) is 3.18. The third kappa shape index (κ3) is 3.35. The summed E-state index contributed by atoms with van der Waals surface area (Å²) in [6.45, 7) is 5.08. The Morgan fingerprint density at radius 2 is 2.26 bits per heavy atom. The minimum Gasteiger partial charge on any atom is -0.349 e. The van der Waals surface area contributed by atoms with Crippen LogP contribution in [-0.4, -0.2) is 18.5 Å². The average Bonchev–Trinajstić information content (AvgIpc) is 2.69. The third-order valence-electron chi connectivity index (χ3n) is 4.18. The lowest BCUT2D eigenvalue weighted by molar-refractivity contribution is 0.0910. The van der Waals surface area contributed by atoms with Crippen molar-refractivity contribution < 1.29 is 4.79 Å². The van der Waals surface area contributed by atoms with E-state index in [-0.39, 0.29) is 17.4 Å². The maximum absolute atomic E-state index is 12.3. The van der Waals surface area contributed by atoms with Crippen molar-refractivity contribution in [3.8, 4) is 0 Å². The Morgan fingerprint density at radius 1 is 1.47 bits per heavy atom. The summed E-state index contributed by atoms with van der Waals surface area (Å²) in [5.41, 5.74) is 7.64. The molecule has 19 heavy (non-hydrogen) atoms. The van der Waals surface area contributed by atoms with Crippen molar-refractivity contribution in [2.24, 2.45) is 11.1 Å². The number of hydrogen-bond donors (Lipinski definition) is 2. The summed E-state index contributed by atoms with van der Waals surface area (Å²) in [5.74, 6) is 0.0406. The Morgan fingerprint density at radius 3 is 2.89 bits per heavy atom. The predicted octanol–water partition coefficient (Wildman–Crippen LogP) is 2.50. The molecule has 1 aromatic carbocycles. The van der Waals surface area contributed by atoms with Crippen molar-refractivity contribution in [1.29, 1.82) is 0 Å². The molecule has 3 N–H and O–H groups in total. The van der Waals surface area contributed by atoms with Gasteiger partial charge in [0.25, 0.3) is 5.91 Å². The van der Waals surface area contributed by atoms with Crippen LogP contribution in [0.15, 0.2) is 24.3 Å². The van der Waals surface area contributed by atoms with Crippen LogP contribution in [0.3, 0.4) is 0 Å². The molecule has 0 saturated heterocycles. The van der Waals surface area contributed by atoms with Crippen molar-refractivity contribution >= 4 is 5.91 Å². The molecule has 1 unspecified atom stereocenters. The van der Waals surface area contributed by atoms with Crippen LogP contribution in [0.2, 0.25) is 0 Å². The minimum atomic E-state index is 0.0406. The molecular formula is C16H24N2O. The molecule has 1 fully saturated rings. The first-order valence-corrected chi connectivity index (χ1v) is 7.13. The summed E-state index contributed by atoms with van der Waals surface area (Å²) in [6.07, 6.45) is 4.29. The Hall–Kier alpha value is -1.35. The van der Waals surface area contributed by atoms with Crippen LogP contribution in [0.1, 0.15) is 49.0 Å². The second kappa shape index (κ2) is 5.74. The molecule has 0 aliphatic heterocycles. The van der Waals surface area contributed by atoms with E-state index in [1.165, 1.54) is 12.8 Å². The zero-order valence-electron chi connectivity index (χ0n) is 11.9. The number of rotatable bonds is 4. The number of nitrogens with one attached hydrogen (secondary N) is 1. The van der Waals surface area contributed by atoms with Crippen molar-refractivity contribution in [3.05, 3.63) is 35.4 Å². The fourth-order valence-electron chi connectivity index (χ4n) is 2.87. The lowest BCUT2D eigenvalue weighted by Gasteiger charge is -2.27. The van der Waals surface area contributed by atoms with Crippen molar-refractivity contribution in [2.45, 2.75) is 45.6 Å². The van der Waals surface area contributed by atoms with Crippen LogP contribution in [0, 0.1) is 5.41 Å². The van der Waals surface area contributed by atoms with Crippen LogP contribution in [0.4, 0.5) is 0 Å². The first-order valence-electron chi connectivity index (χ1n) is 7.13. The van der Waals surface area contributed by atoms with Gasteiger partial charge in [0.1, 0.15) is 0 Å². The molecule has 0 aromatic heterocycles. The van der Waals surface area contributed by atoms with Gasteiger partial charge in [0, 0.05) is 11.6 Å². The fraction of sp³-hybridized carbons (Fsp3) is 0.562. The first-order chi connectivity index (χ1) is 9.03. The smallest absolute Gasteiger partial charge is 0.251 e. The first kappa shape index (κ1) is 14.1. The van der Waals surface area contributed by atoms with Gasteiger partial charge >= 0.3 is 0 Å². The Kier molecular flexibility index (Phi) is 4.25. The highest BCUT2D eigenvalue weighted by Crippen LogP contribution is 2.37.